The second-order valence-corrected chi connectivity index (χ2v) is 6.15. The van der Waals surface area contributed by atoms with Crippen LogP contribution < -0.4 is 15.0 Å². The molecule has 5 nitrogen and oxygen atoms in total. The molecule has 2 aromatic carbocycles. The second-order valence-electron chi connectivity index (χ2n) is 5.71. The summed E-state index contributed by atoms with van der Waals surface area (Å²) in [5.41, 5.74) is 1.98. The molecule has 0 radical (unpaired) electrons. The number of rotatable bonds is 7. The Hall–Kier alpha value is -2.79. The SMILES string of the molecule is CCN(Cc1ccccc1)c1nccc(Nc2cc(Cl)ccc2OC)n1. The topological polar surface area (TPSA) is 50.3 Å². The lowest BCUT2D eigenvalue weighted by atomic mass is 10.2. The Morgan fingerprint density at radius 3 is 2.65 bits per heavy atom. The Morgan fingerprint density at radius 1 is 1.12 bits per heavy atom. The molecule has 1 heterocycles. The Kier molecular flexibility index (Phi) is 5.92. The third kappa shape index (κ3) is 4.43. The Balaban J connectivity index is 1.82. The standard InChI is InChI=1S/C20H21ClN4O/c1-3-25(14-15-7-5-4-6-8-15)20-22-12-11-19(24-20)23-17-13-16(21)9-10-18(17)26-2/h4-13H,3,14H2,1-2H3,(H,22,23,24). The number of benzene rings is 2. The summed E-state index contributed by atoms with van der Waals surface area (Å²) in [6.45, 7) is 3.65. The predicted octanol–water partition coefficient (Wildman–Crippen LogP) is 4.91. The molecule has 1 N–H and O–H groups in total. The zero-order valence-electron chi connectivity index (χ0n) is 14.8. The van der Waals surface area contributed by atoms with Crippen molar-refractivity contribution in [3.05, 3.63) is 71.4 Å². The lowest BCUT2D eigenvalue weighted by molar-refractivity contribution is 0.417. The van der Waals surface area contributed by atoms with Gasteiger partial charge in [0.2, 0.25) is 5.95 Å². The molecule has 0 saturated carbocycles. The van der Waals surface area contributed by atoms with E-state index in [-0.39, 0.29) is 0 Å². The van der Waals surface area contributed by atoms with Crippen LogP contribution >= 0.6 is 11.6 Å². The van der Waals surface area contributed by atoms with Crippen LogP contribution in [0.25, 0.3) is 0 Å². The van der Waals surface area contributed by atoms with Gasteiger partial charge in [-0.2, -0.15) is 4.98 Å². The number of methoxy groups -OCH3 is 1. The van der Waals surface area contributed by atoms with E-state index in [4.69, 9.17) is 16.3 Å². The molecule has 1 aromatic heterocycles. The highest BCUT2D eigenvalue weighted by atomic mass is 35.5. The molecule has 0 spiro atoms. The van der Waals surface area contributed by atoms with Crippen LogP contribution in [0.5, 0.6) is 5.75 Å². The van der Waals surface area contributed by atoms with Crippen LogP contribution in [0.4, 0.5) is 17.5 Å². The minimum Gasteiger partial charge on any atom is -0.495 e. The number of halogens is 1. The summed E-state index contributed by atoms with van der Waals surface area (Å²) < 4.78 is 5.38. The normalized spacial score (nSPS) is 10.4. The van der Waals surface area contributed by atoms with Gasteiger partial charge in [0.15, 0.2) is 0 Å². The maximum atomic E-state index is 6.10. The van der Waals surface area contributed by atoms with E-state index in [1.807, 2.05) is 36.4 Å². The summed E-state index contributed by atoms with van der Waals surface area (Å²) in [5.74, 6) is 2.05. The molecule has 0 aliphatic heterocycles. The number of aromatic nitrogens is 2. The highest BCUT2D eigenvalue weighted by Crippen LogP contribution is 2.30. The molecule has 3 aromatic rings. The van der Waals surface area contributed by atoms with Gasteiger partial charge in [-0.25, -0.2) is 4.98 Å². The molecular formula is C20H21ClN4O. The fourth-order valence-corrected chi connectivity index (χ4v) is 2.79. The van der Waals surface area contributed by atoms with Gasteiger partial charge in [0.05, 0.1) is 12.8 Å². The third-order valence-corrected chi connectivity index (χ3v) is 4.18. The molecule has 26 heavy (non-hydrogen) atoms. The minimum absolute atomic E-state index is 0.627. The van der Waals surface area contributed by atoms with E-state index in [1.54, 1.807) is 19.4 Å². The first-order valence-corrected chi connectivity index (χ1v) is 8.80. The molecule has 0 saturated heterocycles. The molecule has 0 unspecified atom stereocenters. The van der Waals surface area contributed by atoms with Crippen molar-refractivity contribution >= 4 is 29.1 Å². The van der Waals surface area contributed by atoms with Crippen molar-refractivity contribution in [3.63, 3.8) is 0 Å². The van der Waals surface area contributed by atoms with E-state index < -0.39 is 0 Å². The molecular weight excluding hydrogens is 348 g/mol. The molecule has 0 amide bonds. The quantitative estimate of drug-likeness (QED) is 0.642. The van der Waals surface area contributed by atoms with Crippen molar-refractivity contribution in [1.82, 2.24) is 9.97 Å². The lowest BCUT2D eigenvalue weighted by Crippen LogP contribution is -2.24. The number of nitrogens with zero attached hydrogens (tertiary/aromatic N) is 3. The van der Waals surface area contributed by atoms with Gasteiger partial charge >= 0.3 is 0 Å². The molecule has 134 valence electrons. The number of hydrogen-bond acceptors (Lipinski definition) is 5. The monoisotopic (exact) mass is 368 g/mol. The van der Waals surface area contributed by atoms with Crippen molar-refractivity contribution in [1.29, 1.82) is 0 Å². The van der Waals surface area contributed by atoms with Crippen LogP contribution in [0.15, 0.2) is 60.8 Å². The molecule has 0 bridgehead atoms. The van der Waals surface area contributed by atoms with Crippen LogP contribution in [0.1, 0.15) is 12.5 Å². The van der Waals surface area contributed by atoms with Gasteiger partial charge in [0.1, 0.15) is 11.6 Å². The molecule has 6 heteroatoms. The van der Waals surface area contributed by atoms with Gasteiger partial charge in [-0.15, -0.1) is 0 Å². The van der Waals surface area contributed by atoms with Crippen molar-refractivity contribution in [2.45, 2.75) is 13.5 Å². The highest BCUT2D eigenvalue weighted by molar-refractivity contribution is 6.31. The van der Waals surface area contributed by atoms with Crippen LogP contribution in [0.2, 0.25) is 5.02 Å². The first-order chi connectivity index (χ1) is 12.7. The van der Waals surface area contributed by atoms with Crippen molar-refractivity contribution in [2.24, 2.45) is 0 Å². The van der Waals surface area contributed by atoms with Crippen LogP contribution in [0.3, 0.4) is 0 Å². The third-order valence-electron chi connectivity index (χ3n) is 3.95. The van der Waals surface area contributed by atoms with Crippen LogP contribution in [-0.2, 0) is 6.54 Å². The van der Waals surface area contributed by atoms with E-state index in [1.165, 1.54) is 5.56 Å². The van der Waals surface area contributed by atoms with Gasteiger partial charge in [0, 0.05) is 24.3 Å². The molecule has 0 aliphatic carbocycles. The summed E-state index contributed by atoms with van der Waals surface area (Å²) in [6, 6.07) is 17.5. The van der Waals surface area contributed by atoms with E-state index >= 15 is 0 Å². The smallest absolute Gasteiger partial charge is 0.227 e. The number of nitrogens with one attached hydrogen (secondary N) is 1. The fraction of sp³-hybridized carbons (Fsp3) is 0.200. The second kappa shape index (κ2) is 8.54. The summed E-state index contributed by atoms with van der Waals surface area (Å²) in [7, 11) is 1.62. The van der Waals surface area contributed by atoms with E-state index in [9.17, 15) is 0 Å². The van der Waals surface area contributed by atoms with Gasteiger partial charge < -0.3 is 15.0 Å². The zero-order valence-corrected chi connectivity index (χ0v) is 15.6. The van der Waals surface area contributed by atoms with Gasteiger partial charge in [-0.3, -0.25) is 0 Å². The average molecular weight is 369 g/mol. The zero-order chi connectivity index (χ0) is 18.4. The largest absolute Gasteiger partial charge is 0.495 e. The Labute approximate surface area is 158 Å². The molecule has 3 rings (SSSR count). The maximum absolute atomic E-state index is 6.10. The summed E-state index contributed by atoms with van der Waals surface area (Å²) >= 11 is 6.10. The average Bonchev–Trinajstić information content (AvgIpc) is 2.67. The fourth-order valence-electron chi connectivity index (χ4n) is 2.61. The maximum Gasteiger partial charge on any atom is 0.227 e. The predicted molar refractivity (Wildman–Crippen MR) is 106 cm³/mol. The van der Waals surface area contributed by atoms with Crippen molar-refractivity contribution in [3.8, 4) is 5.75 Å². The van der Waals surface area contributed by atoms with E-state index in [2.05, 4.69) is 39.2 Å². The number of anilines is 3. The molecule has 0 fully saturated rings. The van der Waals surface area contributed by atoms with E-state index in [0.29, 0.717) is 22.5 Å². The summed E-state index contributed by atoms with van der Waals surface area (Å²) in [4.78, 5) is 11.2. The van der Waals surface area contributed by atoms with Crippen molar-refractivity contribution in [2.75, 3.05) is 23.9 Å². The number of hydrogen-bond donors (Lipinski definition) is 1. The van der Waals surface area contributed by atoms with Crippen molar-refractivity contribution < 1.29 is 4.74 Å². The number of ether oxygens (including phenoxy) is 1. The first kappa shape index (κ1) is 18.0. The van der Waals surface area contributed by atoms with E-state index in [0.717, 1.165) is 18.8 Å². The molecule has 0 aliphatic rings. The highest BCUT2D eigenvalue weighted by Gasteiger charge is 2.11. The summed E-state index contributed by atoms with van der Waals surface area (Å²) in [5, 5.41) is 3.89. The van der Waals surface area contributed by atoms with Crippen LogP contribution in [0, 0.1) is 0 Å². The minimum atomic E-state index is 0.627. The first-order valence-electron chi connectivity index (χ1n) is 8.42. The van der Waals surface area contributed by atoms with Crippen LogP contribution in [-0.4, -0.2) is 23.6 Å². The van der Waals surface area contributed by atoms with Gasteiger partial charge in [0.25, 0.3) is 0 Å². The molecule has 0 atom stereocenters. The Bertz CT molecular complexity index is 857. The Morgan fingerprint density at radius 2 is 1.92 bits per heavy atom. The lowest BCUT2D eigenvalue weighted by Gasteiger charge is -2.21. The van der Waals surface area contributed by atoms with Gasteiger partial charge in [-0.1, -0.05) is 41.9 Å². The summed E-state index contributed by atoms with van der Waals surface area (Å²) in [6.07, 6.45) is 1.75. The van der Waals surface area contributed by atoms with Gasteiger partial charge in [-0.05, 0) is 36.8 Å².